The minimum atomic E-state index is -0.00514. The molecule has 0 aliphatic carbocycles. The Bertz CT molecular complexity index is 806. The second kappa shape index (κ2) is 4.56. The Hall–Kier alpha value is -2.06. The predicted octanol–water partition coefficient (Wildman–Crippen LogP) is 3.86. The molecule has 3 rings (SSSR count). The second-order valence-electron chi connectivity index (χ2n) is 4.45. The zero-order valence-electron chi connectivity index (χ0n) is 10.4. The summed E-state index contributed by atoms with van der Waals surface area (Å²) in [5, 5.41) is 1.24. The number of hydrogen-bond acceptors (Lipinski definition) is 1. The highest BCUT2D eigenvalue weighted by molar-refractivity contribution is 6.35. The molecule has 0 unspecified atom stereocenters. The van der Waals surface area contributed by atoms with Crippen LogP contribution in [0.3, 0.4) is 0 Å². The monoisotopic (exact) mass is 269 g/mol. The van der Waals surface area contributed by atoms with Gasteiger partial charge in [-0.3, -0.25) is 4.79 Å². The lowest BCUT2D eigenvalue weighted by molar-refractivity contribution is 0.960. The van der Waals surface area contributed by atoms with Crippen molar-refractivity contribution in [2.75, 3.05) is 0 Å². The Balaban J connectivity index is 2.44. The summed E-state index contributed by atoms with van der Waals surface area (Å²) in [6, 6.07) is 16.9. The molecular formula is C16H12ClNO. The summed E-state index contributed by atoms with van der Waals surface area (Å²) in [6.45, 7) is 0. The molecule has 0 saturated carbocycles. The fourth-order valence-electron chi connectivity index (χ4n) is 2.36. The summed E-state index contributed by atoms with van der Waals surface area (Å²) in [5.41, 5.74) is 2.64. The lowest BCUT2D eigenvalue weighted by Crippen LogP contribution is -2.09. The van der Waals surface area contributed by atoms with Gasteiger partial charge in [-0.15, -0.1) is 0 Å². The Morgan fingerprint density at radius 3 is 2.47 bits per heavy atom. The van der Waals surface area contributed by atoms with Gasteiger partial charge in [-0.25, -0.2) is 0 Å². The maximum atomic E-state index is 12.2. The van der Waals surface area contributed by atoms with Crippen LogP contribution >= 0.6 is 11.6 Å². The van der Waals surface area contributed by atoms with Gasteiger partial charge in [0.1, 0.15) is 0 Å². The average Bonchev–Trinajstić information content (AvgIpc) is 2.43. The van der Waals surface area contributed by atoms with Crippen LogP contribution in [0.5, 0.6) is 0 Å². The number of pyridine rings is 1. The Morgan fingerprint density at radius 2 is 1.74 bits per heavy atom. The molecule has 0 N–H and O–H groups in total. The van der Waals surface area contributed by atoms with E-state index in [1.807, 2.05) is 41.9 Å². The first kappa shape index (κ1) is 12.0. The van der Waals surface area contributed by atoms with Crippen molar-refractivity contribution in [3.05, 3.63) is 69.8 Å². The second-order valence-corrected chi connectivity index (χ2v) is 4.86. The summed E-state index contributed by atoms with van der Waals surface area (Å²) in [5.74, 6) is 0. The molecule has 2 nitrogen and oxygen atoms in total. The molecule has 3 heteroatoms. The largest absolute Gasteiger partial charge is 0.342 e. The lowest BCUT2D eigenvalue weighted by Gasteiger charge is -2.13. The fraction of sp³-hybridized carbons (Fsp3) is 0.0625. The summed E-state index contributed by atoms with van der Waals surface area (Å²) in [7, 11) is 1.93. The number of rotatable bonds is 1. The fourth-order valence-corrected chi connectivity index (χ4v) is 2.66. The standard InChI is InChI=1S/C16H12ClNO/c1-18-14(11-6-3-2-4-7-11)10-15(19)12-8-5-9-13(17)16(12)18/h2-10H,1H3. The van der Waals surface area contributed by atoms with Crippen LogP contribution in [0.15, 0.2) is 59.4 Å². The van der Waals surface area contributed by atoms with E-state index in [1.54, 1.807) is 24.3 Å². The topological polar surface area (TPSA) is 22.0 Å². The van der Waals surface area contributed by atoms with Gasteiger partial charge in [-0.2, -0.15) is 0 Å². The first-order chi connectivity index (χ1) is 9.18. The van der Waals surface area contributed by atoms with Gasteiger partial charge in [0.15, 0.2) is 5.43 Å². The van der Waals surface area contributed by atoms with Gasteiger partial charge >= 0.3 is 0 Å². The van der Waals surface area contributed by atoms with Crippen molar-refractivity contribution >= 4 is 22.5 Å². The van der Waals surface area contributed by atoms with E-state index < -0.39 is 0 Å². The van der Waals surface area contributed by atoms with Crippen LogP contribution < -0.4 is 5.43 Å². The third-order valence-corrected chi connectivity index (χ3v) is 3.59. The zero-order chi connectivity index (χ0) is 13.4. The molecule has 94 valence electrons. The van der Waals surface area contributed by atoms with Gasteiger partial charge in [0, 0.05) is 18.5 Å². The highest BCUT2D eigenvalue weighted by atomic mass is 35.5. The molecule has 0 radical (unpaired) electrons. The highest BCUT2D eigenvalue weighted by Crippen LogP contribution is 2.25. The van der Waals surface area contributed by atoms with Crippen molar-refractivity contribution in [3.8, 4) is 11.3 Å². The molecule has 0 aliphatic rings. The average molecular weight is 270 g/mol. The molecule has 3 aromatic rings. The SMILES string of the molecule is Cn1c(-c2ccccc2)cc(=O)c2cccc(Cl)c21. The number of aromatic nitrogens is 1. The number of benzene rings is 2. The van der Waals surface area contributed by atoms with Gasteiger partial charge in [0.25, 0.3) is 0 Å². The van der Waals surface area contributed by atoms with Gasteiger partial charge in [0.2, 0.25) is 0 Å². The van der Waals surface area contributed by atoms with Crippen molar-refractivity contribution in [2.45, 2.75) is 0 Å². The molecule has 0 amide bonds. The van der Waals surface area contributed by atoms with E-state index in [0.717, 1.165) is 16.8 Å². The molecule has 0 spiro atoms. The maximum absolute atomic E-state index is 12.2. The zero-order valence-corrected chi connectivity index (χ0v) is 11.2. The Morgan fingerprint density at radius 1 is 1.00 bits per heavy atom. The first-order valence-corrected chi connectivity index (χ1v) is 6.40. The van der Waals surface area contributed by atoms with Crippen molar-refractivity contribution in [1.82, 2.24) is 4.57 Å². The van der Waals surface area contributed by atoms with Crippen LogP contribution in [0.4, 0.5) is 0 Å². The number of aryl methyl sites for hydroxylation is 1. The Labute approximate surface area is 115 Å². The third kappa shape index (κ3) is 1.94. The number of para-hydroxylation sites is 1. The minimum Gasteiger partial charge on any atom is -0.342 e. The number of fused-ring (bicyclic) bond motifs is 1. The van der Waals surface area contributed by atoms with E-state index in [-0.39, 0.29) is 5.43 Å². The number of hydrogen-bond donors (Lipinski definition) is 0. The van der Waals surface area contributed by atoms with Crippen LogP contribution in [-0.4, -0.2) is 4.57 Å². The normalized spacial score (nSPS) is 10.8. The number of halogens is 1. The summed E-state index contributed by atoms with van der Waals surface area (Å²) in [4.78, 5) is 12.2. The first-order valence-electron chi connectivity index (χ1n) is 6.02. The molecule has 0 fully saturated rings. The van der Waals surface area contributed by atoms with E-state index >= 15 is 0 Å². The summed E-state index contributed by atoms with van der Waals surface area (Å²) < 4.78 is 1.97. The van der Waals surface area contributed by atoms with Gasteiger partial charge in [0.05, 0.1) is 16.2 Å². The van der Waals surface area contributed by atoms with Crippen LogP contribution in [0.1, 0.15) is 0 Å². The van der Waals surface area contributed by atoms with E-state index in [2.05, 4.69) is 0 Å². The quantitative estimate of drug-likeness (QED) is 0.657. The van der Waals surface area contributed by atoms with Gasteiger partial charge in [-0.05, 0) is 17.7 Å². The van der Waals surface area contributed by atoms with Crippen LogP contribution in [0.2, 0.25) is 5.02 Å². The Kier molecular flexibility index (Phi) is 2.88. The molecule has 0 aliphatic heterocycles. The van der Waals surface area contributed by atoms with Crippen molar-refractivity contribution in [1.29, 1.82) is 0 Å². The molecular weight excluding hydrogens is 258 g/mol. The molecule has 0 atom stereocenters. The smallest absolute Gasteiger partial charge is 0.190 e. The predicted molar refractivity (Wildman–Crippen MR) is 79.6 cm³/mol. The number of nitrogens with zero attached hydrogens (tertiary/aromatic N) is 1. The van der Waals surface area contributed by atoms with Crippen molar-refractivity contribution in [3.63, 3.8) is 0 Å². The van der Waals surface area contributed by atoms with E-state index in [9.17, 15) is 4.79 Å². The van der Waals surface area contributed by atoms with Crippen molar-refractivity contribution < 1.29 is 0 Å². The van der Waals surface area contributed by atoms with Crippen LogP contribution in [0.25, 0.3) is 22.2 Å². The van der Waals surface area contributed by atoms with Crippen LogP contribution in [-0.2, 0) is 7.05 Å². The molecule has 19 heavy (non-hydrogen) atoms. The molecule has 2 aromatic carbocycles. The van der Waals surface area contributed by atoms with E-state index in [0.29, 0.717) is 10.4 Å². The third-order valence-electron chi connectivity index (χ3n) is 3.29. The summed E-state index contributed by atoms with van der Waals surface area (Å²) >= 11 is 6.23. The van der Waals surface area contributed by atoms with Gasteiger partial charge in [-0.1, -0.05) is 48.0 Å². The van der Waals surface area contributed by atoms with E-state index in [4.69, 9.17) is 11.6 Å². The van der Waals surface area contributed by atoms with Gasteiger partial charge < -0.3 is 4.57 Å². The maximum Gasteiger partial charge on any atom is 0.190 e. The minimum absolute atomic E-state index is 0.00514. The molecule has 1 aromatic heterocycles. The summed E-state index contributed by atoms with van der Waals surface area (Å²) in [6.07, 6.45) is 0. The van der Waals surface area contributed by atoms with E-state index in [1.165, 1.54) is 0 Å². The van der Waals surface area contributed by atoms with Crippen molar-refractivity contribution in [2.24, 2.45) is 7.05 Å². The molecule has 0 bridgehead atoms. The lowest BCUT2D eigenvalue weighted by atomic mass is 10.1. The molecule has 1 heterocycles. The molecule has 0 saturated heterocycles. The highest BCUT2D eigenvalue weighted by Gasteiger charge is 2.10. The van der Waals surface area contributed by atoms with Crippen LogP contribution in [0, 0.1) is 0 Å².